The highest BCUT2D eigenvalue weighted by molar-refractivity contribution is 5.07. The van der Waals surface area contributed by atoms with Gasteiger partial charge in [-0.3, -0.25) is 4.68 Å². The number of hydrogen-bond acceptors (Lipinski definition) is 2. The van der Waals surface area contributed by atoms with Gasteiger partial charge in [-0.15, -0.1) is 0 Å². The van der Waals surface area contributed by atoms with Crippen molar-refractivity contribution in [2.45, 2.75) is 26.3 Å². The predicted octanol–water partition coefficient (Wildman–Crippen LogP) is 1.25. The average Bonchev–Trinajstić information content (AvgIpc) is 2.29. The molecule has 1 N–H and O–H groups in total. The van der Waals surface area contributed by atoms with Crippen LogP contribution in [0, 0.1) is 6.92 Å². The van der Waals surface area contributed by atoms with Crippen LogP contribution in [0.1, 0.15) is 11.4 Å². The lowest BCUT2D eigenvalue weighted by atomic mass is 10.4. The van der Waals surface area contributed by atoms with E-state index in [1.54, 1.807) is 0 Å². The highest BCUT2D eigenvalue weighted by atomic mass is 19.4. The zero-order valence-electron chi connectivity index (χ0n) is 6.97. The Morgan fingerprint density at radius 2 is 2.15 bits per heavy atom. The third-order valence-corrected chi connectivity index (χ3v) is 1.52. The second-order valence-corrected chi connectivity index (χ2v) is 2.71. The molecule has 6 heteroatoms. The molecule has 0 aliphatic heterocycles. The van der Waals surface area contributed by atoms with Gasteiger partial charge in [-0.25, -0.2) is 0 Å². The molecule has 0 saturated heterocycles. The SMILES string of the molecule is Cc1cc(CO)nn1CC(F)(F)F. The van der Waals surface area contributed by atoms with Crippen LogP contribution in [0.5, 0.6) is 0 Å². The van der Waals surface area contributed by atoms with Crippen molar-refractivity contribution < 1.29 is 18.3 Å². The number of alkyl halides is 3. The molecule has 3 nitrogen and oxygen atoms in total. The number of aliphatic hydroxyl groups excluding tert-OH is 1. The maximum atomic E-state index is 11.9. The average molecular weight is 194 g/mol. The van der Waals surface area contributed by atoms with Gasteiger partial charge in [0.1, 0.15) is 6.54 Å². The fraction of sp³-hybridized carbons (Fsp3) is 0.571. The summed E-state index contributed by atoms with van der Waals surface area (Å²) in [6.07, 6.45) is -4.27. The van der Waals surface area contributed by atoms with E-state index in [4.69, 9.17) is 5.11 Å². The van der Waals surface area contributed by atoms with Crippen LogP contribution in [0.2, 0.25) is 0 Å². The number of halogens is 3. The quantitative estimate of drug-likeness (QED) is 0.769. The Morgan fingerprint density at radius 1 is 1.54 bits per heavy atom. The summed E-state index contributed by atoms with van der Waals surface area (Å²) in [7, 11) is 0. The molecule has 1 heterocycles. The molecule has 1 rings (SSSR count). The maximum Gasteiger partial charge on any atom is 0.408 e. The molecular weight excluding hydrogens is 185 g/mol. The maximum absolute atomic E-state index is 11.9. The Bertz CT molecular complexity index is 292. The summed E-state index contributed by atoms with van der Waals surface area (Å²) in [5.74, 6) is 0. The van der Waals surface area contributed by atoms with Gasteiger partial charge in [0.05, 0.1) is 12.3 Å². The number of aliphatic hydroxyl groups is 1. The first-order valence-electron chi connectivity index (χ1n) is 3.63. The summed E-state index contributed by atoms with van der Waals surface area (Å²) >= 11 is 0. The van der Waals surface area contributed by atoms with Crippen LogP contribution in [0.15, 0.2) is 6.07 Å². The summed E-state index contributed by atoms with van der Waals surface area (Å²) in [6, 6.07) is 1.42. The summed E-state index contributed by atoms with van der Waals surface area (Å²) in [5, 5.41) is 12.2. The lowest BCUT2D eigenvalue weighted by molar-refractivity contribution is -0.143. The largest absolute Gasteiger partial charge is 0.408 e. The van der Waals surface area contributed by atoms with Crippen LogP contribution in [-0.2, 0) is 13.2 Å². The summed E-state index contributed by atoms with van der Waals surface area (Å²) in [4.78, 5) is 0. The Labute approximate surface area is 72.8 Å². The van der Waals surface area contributed by atoms with Gasteiger partial charge in [-0.1, -0.05) is 0 Å². The Kier molecular flexibility index (Phi) is 2.60. The minimum Gasteiger partial charge on any atom is -0.390 e. The second kappa shape index (κ2) is 3.37. The molecule has 0 saturated carbocycles. The molecule has 74 valence electrons. The normalized spacial score (nSPS) is 12.1. The fourth-order valence-corrected chi connectivity index (χ4v) is 0.986. The van der Waals surface area contributed by atoms with Crippen molar-refractivity contribution in [1.29, 1.82) is 0 Å². The summed E-state index contributed by atoms with van der Waals surface area (Å²) in [6.45, 7) is 0.0580. The number of nitrogens with zero attached hydrogens (tertiary/aromatic N) is 2. The van der Waals surface area contributed by atoms with Crippen LogP contribution >= 0.6 is 0 Å². The van der Waals surface area contributed by atoms with E-state index in [2.05, 4.69) is 5.10 Å². The molecular formula is C7H9F3N2O. The van der Waals surface area contributed by atoms with Crippen molar-refractivity contribution in [1.82, 2.24) is 9.78 Å². The van der Waals surface area contributed by atoms with E-state index in [-0.39, 0.29) is 12.3 Å². The number of aryl methyl sites for hydroxylation is 1. The first-order chi connectivity index (χ1) is 5.92. The smallest absolute Gasteiger partial charge is 0.390 e. The van der Waals surface area contributed by atoms with Crippen LogP contribution in [0.3, 0.4) is 0 Å². The predicted molar refractivity (Wildman–Crippen MR) is 38.9 cm³/mol. The zero-order chi connectivity index (χ0) is 10.1. The van der Waals surface area contributed by atoms with Crippen molar-refractivity contribution in [3.63, 3.8) is 0 Å². The van der Waals surface area contributed by atoms with Crippen LogP contribution in [0.4, 0.5) is 13.2 Å². The Morgan fingerprint density at radius 3 is 2.54 bits per heavy atom. The molecule has 0 radical (unpaired) electrons. The van der Waals surface area contributed by atoms with Gasteiger partial charge >= 0.3 is 6.18 Å². The van der Waals surface area contributed by atoms with E-state index >= 15 is 0 Å². The van der Waals surface area contributed by atoms with Crippen molar-refractivity contribution in [2.75, 3.05) is 0 Å². The molecule has 0 aliphatic carbocycles. The Hall–Kier alpha value is -1.04. The molecule has 1 aromatic rings. The molecule has 0 amide bonds. The highest BCUT2D eigenvalue weighted by Gasteiger charge is 2.29. The van der Waals surface area contributed by atoms with Crippen LogP contribution < -0.4 is 0 Å². The monoisotopic (exact) mass is 194 g/mol. The standard InChI is InChI=1S/C7H9F3N2O/c1-5-2-6(3-13)11-12(5)4-7(8,9)10/h2,13H,3-4H2,1H3. The minimum absolute atomic E-state index is 0.252. The topological polar surface area (TPSA) is 38.1 Å². The minimum atomic E-state index is -4.27. The zero-order valence-corrected chi connectivity index (χ0v) is 6.97. The number of rotatable bonds is 2. The molecule has 0 aromatic carbocycles. The molecule has 0 aliphatic rings. The third kappa shape index (κ3) is 2.73. The van der Waals surface area contributed by atoms with E-state index in [1.165, 1.54) is 13.0 Å². The lowest BCUT2D eigenvalue weighted by Gasteiger charge is -2.07. The molecule has 0 bridgehead atoms. The van der Waals surface area contributed by atoms with E-state index in [1.807, 2.05) is 0 Å². The van der Waals surface area contributed by atoms with Crippen molar-refractivity contribution in [2.24, 2.45) is 0 Å². The van der Waals surface area contributed by atoms with Gasteiger partial charge in [-0.05, 0) is 13.0 Å². The van der Waals surface area contributed by atoms with Gasteiger partial charge < -0.3 is 5.11 Å². The summed E-state index contributed by atoms with van der Waals surface area (Å²) in [5.41, 5.74) is 0.642. The highest BCUT2D eigenvalue weighted by Crippen LogP contribution is 2.18. The lowest BCUT2D eigenvalue weighted by Crippen LogP contribution is -2.19. The first-order valence-corrected chi connectivity index (χ1v) is 3.63. The molecule has 0 fully saturated rings. The van der Waals surface area contributed by atoms with Gasteiger partial charge in [0.15, 0.2) is 0 Å². The molecule has 13 heavy (non-hydrogen) atoms. The second-order valence-electron chi connectivity index (χ2n) is 2.71. The number of hydrogen-bond donors (Lipinski definition) is 1. The van der Waals surface area contributed by atoms with E-state index in [9.17, 15) is 13.2 Å². The molecule has 1 aromatic heterocycles. The van der Waals surface area contributed by atoms with E-state index in [0.717, 1.165) is 4.68 Å². The van der Waals surface area contributed by atoms with Crippen LogP contribution in [0.25, 0.3) is 0 Å². The molecule has 0 unspecified atom stereocenters. The molecule has 0 atom stereocenters. The third-order valence-electron chi connectivity index (χ3n) is 1.52. The van der Waals surface area contributed by atoms with Crippen LogP contribution in [-0.4, -0.2) is 21.1 Å². The fourth-order valence-electron chi connectivity index (χ4n) is 0.986. The van der Waals surface area contributed by atoms with E-state index < -0.39 is 12.7 Å². The van der Waals surface area contributed by atoms with Crippen molar-refractivity contribution >= 4 is 0 Å². The first kappa shape index (κ1) is 10.0. The van der Waals surface area contributed by atoms with Crippen molar-refractivity contribution in [3.8, 4) is 0 Å². The Balaban J connectivity index is 2.83. The van der Waals surface area contributed by atoms with Crippen molar-refractivity contribution in [3.05, 3.63) is 17.5 Å². The van der Waals surface area contributed by atoms with Gasteiger partial charge in [-0.2, -0.15) is 18.3 Å². The van der Waals surface area contributed by atoms with Gasteiger partial charge in [0, 0.05) is 5.69 Å². The number of aromatic nitrogens is 2. The van der Waals surface area contributed by atoms with Gasteiger partial charge in [0.25, 0.3) is 0 Å². The van der Waals surface area contributed by atoms with Gasteiger partial charge in [0.2, 0.25) is 0 Å². The molecule has 0 spiro atoms. The van der Waals surface area contributed by atoms with E-state index in [0.29, 0.717) is 5.69 Å². The summed E-state index contributed by atoms with van der Waals surface area (Å²) < 4.78 is 36.6.